The van der Waals surface area contributed by atoms with Crippen molar-refractivity contribution >= 4 is 11.8 Å². The van der Waals surface area contributed by atoms with Crippen LogP contribution in [0.15, 0.2) is 48.5 Å². The zero-order valence-electron chi connectivity index (χ0n) is 14.4. The summed E-state index contributed by atoms with van der Waals surface area (Å²) in [6.45, 7) is 6.75. The van der Waals surface area contributed by atoms with Gasteiger partial charge in [0, 0.05) is 12.1 Å². The lowest BCUT2D eigenvalue weighted by atomic mass is 9.98. The van der Waals surface area contributed by atoms with Crippen LogP contribution >= 0.6 is 0 Å². The predicted octanol–water partition coefficient (Wildman–Crippen LogP) is 3.16. The Bertz CT molecular complexity index is 709. The highest BCUT2D eigenvalue weighted by molar-refractivity contribution is 5.96. The van der Waals surface area contributed by atoms with Crippen molar-refractivity contribution in [1.82, 2.24) is 10.6 Å². The SMILES string of the molecule is Cc1ccc(C(C)C)cc1CNC(=O)CNC(=O)c1ccccc1. The van der Waals surface area contributed by atoms with Gasteiger partial charge >= 0.3 is 0 Å². The van der Waals surface area contributed by atoms with Gasteiger partial charge in [-0.3, -0.25) is 9.59 Å². The quantitative estimate of drug-likeness (QED) is 0.857. The van der Waals surface area contributed by atoms with Crippen LogP contribution in [0.2, 0.25) is 0 Å². The number of amides is 2. The maximum Gasteiger partial charge on any atom is 0.251 e. The van der Waals surface area contributed by atoms with E-state index in [4.69, 9.17) is 0 Å². The fourth-order valence-corrected chi connectivity index (χ4v) is 2.35. The molecule has 2 amide bonds. The first-order chi connectivity index (χ1) is 11.5. The van der Waals surface area contributed by atoms with E-state index < -0.39 is 0 Å². The summed E-state index contributed by atoms with van der Waals surface area (Å²) in [7, 11) is 0. The summed E-state index contributed by atoms with van der Waals surface area (Å²) >= 11 is 0. The molecule has 0 aliphatic rings. The van der Waals surface area contributed by atoms with E-state index in [0.29, 0.717) is 18.0 Å². The summed E-state index contributed by atoms with van der Waals surface area (Å²) in [5.74, 6) is 0.00239. The maximum absolute atomic E-state index is 12.0. The molecule has 0 unspecified atom stereocenters. The van der Waals surface area contributed by atoms with Gasteiger partial charge in [0.1, 0.15) is 0 Å². The number of carbonyl (C=O) groups excluding carboxylic acids is 2. The number of hydrogen-bond acceptors (Lipinski definition) is 2. The summed E-state index contributed by atoms with van der Waals surface area (Å²) in [5.41, 5.74) is 4.05. The first kappa shape index (κ1) is 17.7. The van der Waals surface area contributed by atoms with Crippen LogP contribution in [-0.4, -0.2) is 18.4 Å². The molecule has 0 aliphatic carbocycles. The summed E-state index contributed by atoms with van der Waals surface area (Å²) in [4.78, 5) is 23.9. The summed E-state index contributed by atoms with van der Waals surface area (Å²) < 4.78 is 0. The van der Waals surface area contributed by atoms with Crippen LogP contribution in [-0.2, 0) is 11.3 Å². The zero-order valence-corrected chi connectivity index (χ0v) is 14.4. The molecule has 0 aliphatic heterocycles. The van der Waals surface area contributed by atoms with Crippen molar-refractivity contribution in [3.8, 4) is 0 Å². The van der Waals surface area contributed by atoms with Gasteiger partial charge in [-0.25, -0.2) is 0 Å². The molecule has 2 aromatic carbocycles. The van der Waals surface area contributed by atoms with Gasteiger partial charge in [0.15, 0.2) is 0 Å². The van der Waals surface area contributed by atoms with E-state index in [1.54, 1.807) is 24.3 Å². The van der Waals surface area contributed by atoms with E-state index in [0.717, 1.165) is 11.1 Å². The Balaban J connectivity index is 1.85. The predicted molar refractivity (Wildman–Crippen MR) is 95.9 cm³/mol. The molecule has 4 nitrogen and oxygen atoms in total. The van der Waals surface area contributed by atoms with Crippen molar-refractivity contribution in [3.63, 3.8) is 0 Å². The maximum atomic E-state index is 12.0. The molecular weight excluding hydrogens is 300 g/mol. The van der Waals surface area contributed by atoms with Crippen molar-refractivity contribution in [2.24, 2.45) is 0 Å². The molecule has 0 saturated heterocycles. The molecule has 0 saturated carbocycles. The first-order valence-electron chi connectivity index (χ1n) is 8.16. The van der Waals surface area contributed by atoms with Gasteiger partial charge < -0.3 is 10.6 Å². The number of aryl methyl sites for hydroxylation is 1. The Morgan fingerprint density at radius 3 is 2.38 bits per heavy atom. The molecule has 0 aromatic heterocycles. The fraction of sp³-hybridized carbons (Fsp3) is 0.300. The molecule has 24 heavy (non-hydrogen) atoms. The van der Waals surface area contributed by atoms with Gasteiger partial charge in [0.2, 0.25) is 5.91 Å². The summed E-state index contributed by atoms with van der Waals surface area (Å²) in [6.07, 6.45) is 0. The van der Waals surface area contributed by atoms with Gasteiger partial charge in [0.25, 0.3) is 5.91 Å². The van der Waals surface area contributed by atoms with Crippen molar-refractivity contribution < 1.29 is 9.59 Å². The third-order valence-corrected chi connectivity index (χ3v) is 3.96. The molecule has 2 aromatic rings. The molecule has 0 bridgehead atoms. The minimum Gasteiger partial charge on any atom is -0.350 e. The highest BCUT2D eigenvalue weighted by atomic mass is 16.2. The van der Waals surface area contributed by atoms with E-state index in [1.807, 2.05) is 13.0 Å². The Kier molecular flexibility index (Phi) is 6.13. The van der Waals surface area contributed by atoms with Crippen LogP contribution in [0.5, 0.6) is 0 Å². The Morgan fingerprint density at radius 2 is 1.71 bits per heavy atom. The van der Waals surface area contributed by atoms with Gasteiger partial charge in [0.05, 0.1) is 6.54 Å². The smallest absolute Gasteiger partial charge is 0.251 e. The normalized spacial score (nSPS) is 10.5. The minimum absolute atomic E-state index is 0.0311. The van der Waals surface area contributed by atoms with Gasteiger partial charge in [-0.1, -0.05) is 50.2 Å². The third-order valence-electron chi connectivity index (χ3n) is 3.96. The van der Waals surface area contributed by atoms with E-state index in [-0.39, 0.29) is 18.4 Å². The number of benzene rings is 2. The molecule has 2 N–H and O–H groups in total. The second-order valence-corrected chi connectivity index (χ2v) is 6.17. The summed E-state index contributed by atoms with van der Waals surface area (Å²) in [5, 5.41) is 5.49. The van der Waals surface area contributed by atoms with E-state index in [9.17, 15) is 9.59 Å². The second-order valence-electron chi connectivity index (χ2n) is 6.17. The second kappa shape index (κ2) is 8.29. The molecular formula is C20H24N2O2. The highest BCUT2D eigenvalue weighted by Gasteiger charge is 2.09. The van der Waals surface area contributed by atoms with Gasteiger partial charge in [-0.05, 0) is 41.7 Å². The van der Waals surface area contributed by atoms with E-state index >= 15 is 0 Å². The lowest BCUT2D eigenvalue weighted by Gasteiger charge is -2.12. The highest BCUT2D eigenvalue weighted by Crippen LogP contribution is 2.18. The summed E-state index contributed by atoms with van der Waals surface area (Å²) in [6, 6.07) is 15.2. The zero-order chi connectivity index (χ0) is 17.5. The number of rotatable bonds is 6. The van der Waals surface area contributed by atoms with E-state index in [2.05, 4.69) is 42.7 Å². The van der Waals surface area contributed by atoms with Crippen LogP contribution in [0, 0.1) is 6.92 Å². The van der Waals surface area contributed by atoms with E-state index in [1.165, 1.54) is 5.56 Å². The minimum atomic E-state index is -0.247. The molecule has 4 heteroatoms. The Hall–Kier alpha value is -2.62. The van der Waals surface area contributed by atoms with Crippen LogP contribution in [0.3, 0.4) is 0 Å². The molecule has 0 heterocycles. The average molecular weight is 324 g/mol. The van der Waals surface area contributed by atoms with Crippen molar-refractivity contribution in [2.45, 2.75) is 33.2 Å². The average Bonchev–Trinajstić information content (AvgIpc) is 2.59. The number of nitrogens with one attached hydrogen (secondary N) is 2. The fourth-order valence-electron chi connectivity index (χ4n) is 2.35. The molecule has 0 atom stereocenters. The Morgan fingerprint density at radius 1 is 1.00 bits per heavy atom. The largest absolute Gasteiger partial charge is 0.350 e. The van der Waals surface area contributed by atoms with Crippen molar-refractivity contribution in [2.75, 3.05) is 6.54 Å². The van der Waals surface area contributed by atoms with Gasteiger partial charge in [-0.15, -0.1) is 0 Å². The topological polar surface area (TPSA) is 58.2 Å². The number of hydrogen-bond donors (Lipinski definition) is 2. The molecule has 0 spiro atoms. The monoisotopic (exact) mass is 324 g/mol. The molecule has 0 radical (unpaired) electrons. The number of carbonyl (C=O) groups is 2. The van der Waals surface area contributed by atoms with Gasteiger partial charge in [-0.2, -0.15) is 0 Å². The van der Waals surface area contributed by atoms with Crippen LogP contribution in [0.25, 0.3) is 0 Å². The lowest BCUT2D eigenvalue weighted by molar-refractivity contribution is -0.120. The lowest BCUT2D eigenvalue weighted by Crippen LogP contribution is -2.36. The van der Waals surface area contributed by atoms with Crippen LogP contribution in [0.4, 0.5) is 0 Å². The molecule has 0 fully saturated rings. The molecule has 126 valence electrons. The van der Waals surface area contributed by atoms with Crippen molar-refractivity contribution in [3.05, 3.63) is 70.8 Å². The van der Waals surface area contributed by atoms with Crippen LogP contribution < -0.4 is 10.6 Å². The standard InChI is InChI=1S/C20H24N2O2/c1-14(2)17-10-9-15(3)18(11-17)12-21-19(23)13-22-20(24)16-7-5-4-6-8-16/h4-11,14H,12-13H2,1-3H3,(H,21,23)(H,22,24). The van der Waals surface area contributed by atoms with Crippen molar-refractivity contribution in [1.29, 1.82) is 0 Å². The Labute approximate surface area is 143 Å². The third kappa shape index (κ3) is 4.95. The van der Waals surface area contributed by atoms with Crippen LogP contribution in [0.1, 0.15) is 46.8 Å². The molecule has 2 rings (SSSR count). The first-order valence-corrected chi connectivity index (χ1v) is 8.16.